The average Bonchev–Trinajstić information content (AvgIpc) is 2.04. The second-order valence-corrected chi connectivity index (χ2v) is 3.60. The fourth-order valence-corrected chi connectivity index (χ4v) is 2.22. The molecule has 0 radical (unpaired) electrons. The lowest BCUT2D eigenvalue weighted by atomic mass is 9.68. The number of fused-ring (bicyclic) bond motifs is 2. The second-order valence-electron chi connectivity index (χ2n) is 3.60. The van der Waals surface area contributed by atoms with Crippen molar-refractivity contribution in [1.29, 1.82) is 0 Å². The van der Waals surface area contributed by atoms with Crippen molar-refractivity contribution < 1.29 is 5.11 Å². The van der Waals surface area contributed by atoms with E-state index < -0.39 is 0 Å². The summed E-state index contributed by atoms with van der Waals surface area (Å²) in [6.07, 6.45) is 1.32. The van der Waals surface area contributed by atoms with Crippen LogP contribution in [0.25, 0.3) is 0 Å². The summed E-state index contributed by atoms with van der Waals surface area (Å²) < 4.78 is 0. The average molecular weight is 141 g/mol. The van der Waals surface area contributed by atoms with Crippen LogP contribution in [-0.4, -0.2) is 35.7 Å². The summed E-state index contributed by atoms with van der Waals surface area (Å²) in [6, 6.07) is 0. The summed E-state index contributed by atoms with van der Waals surface area (Å²) in [7, 11) is 0. The monoisotopic (exact) mass is 141 g/mol. The first kappa shape index (κ1) is 6.62. The van der Waals surface area contributed by atoms with Crippen LogP contribution in [0.3, 0.4) is 0 Å². The van der Waals surface area contributed by atoms with Gasteiger partial charge in [0.05, 0.1) is 6.10 Å². The van der Waals surface area contributed by atoms with E-state index >= 15 is 0 Å². The maximum atomic E-state index is 9.41. The van der Waals surface area contributed by atoms with E-state index in [4.69, 9.17) is 0 Å². The van der Waals surface area contributed by atoms with Crippen LogP contribution in [0, 0.1) is 11.8 Å². The van der Waals surface area contributed by atoms with Gasteiger partial charge in [-0.3, -0.25) is 0 Å². The lowest BCUT2D eigenvalue weighted by Gasteiger charge is -2.51. The van der Waals surface area contributed by atoms with Crippen molar-refractivity contribution in [3.63, 3.8) is 0 Å². The first-order chi connectivity index (χ1) is 4.81. The number of piperidine rings is 2. The highest BCUT2D eigenvalue weighted by molar-refractivity contribution is 4.96. The highest BCUT2D eigenvalue weighted by atomic mass is 16.3. The van der Waals surface area contributed by atoms with E-state index in [2.05, 4.69) is 11.8 Å². The van der Waals surface area contributed by atoms with E-state index in [1.807, 2.05) is 0 Å². The molecule has 3 fully saturated rings. The Morgan fingerprint density at radius 2 is 2.00 bits per heavy atom. The summed E-state index contributed by atoms with van der Waals surface area (Å²) in [6.45, 7) is 5.61. The van der Waals surface area contributed by atoms with Gasteiger partial charge in [0.15, 0.2) is 0 Å². The zero-order valence-electron chi connectivity index (χ0n) is 6.45. The maximum absolute atomic E-state index is 9.41. The molecule has 2 nitrogen and oxygen atoms in total. The fraction of sp³-hybridized carbons (Fsp3) is 1.00. The summed E-state index contributed by atoms with van der Waals surface area (Å²) in [5.41, 5.74) is 0. The van der Waals surface area contributed by atoms with Crippen molar-refractivity contribution in [2.24, 2.45) is 11.8 Å². The Morgan fingerprint density at radius 3 is 2.40 bits per heavy atom. The van der Waals surface area contributed by atoms with Crippen molar-refractivity contribution in [3.8, 4) is 0 Å². The number of hydrogen-bond acceptors (Lipinski definition) is 2. The Bertz CT molecular complexity index is 125. The van der Waals surface area contributed by atoms with Crippen LogP contribution in [0.2, 0.25) is 0 Å². The first-order valence-electron chi connectivity index (χ1n) is 4.21. The Labute approximate surface area is 61.8 Å². The number of hydrogen-bond donors (Lipinski definition) is 1. The van der Waals surface area contributed by atoms with Gasteiger partial charge in [0.25, 0.3) is 0 Å². The van der Waals surface area contributed by atoms with Crippen molar-refractivity contribution >= 4 is 0 Å². The Balaban J connectivity index is 1.93. The minimum atomic E-state index is 0.0443. The van der Waals surface area contributed by atoms with Crippen LogP contribution in [0.5, 0.6) is 0 Å². The minimum Gasteiger partial charge on any atom is -0.392 e. The van der Waals surface area contributed by atoms with Gasteiger partial charge in [-0.15, -0.1) is 0 Å². The predicted molar refractivity (Wildman–Crippen MR) is 39.7 cm³/mol. The maximum Gasteiger partial charge on any atom is 0.0621 e. The van der Waals surface area contributed by atoms with Gasteiger partial charge in [0, 0.05) is 13.1 Å². The molecule has 2 heteroatoms. The number of aliphatic hydroxyl groups is 1. The van der Waals surface area contributed by atoms with Crippen LogP contribution in [-0.2, 0) is 0 Å². The van der Waals surface area contributed by atoms with E-state index in [0.29, 0.717) is 11.8 Å². The topological polar surface area (TPSA) is 23.5 Å². The molecule has 1 saturated carbocycles. The highest BCUT2D eigenvalue weighted by Crippen LogP contribution is 2.39. The van der Waals surface area contributed by atoms with Crippen LogP contribution in [0.1, 0.15) is 13.3 Å². The zero-order chi connectivity index (χ0) is 7.14. The zero-order valence-corrected chi connectivity index (χ0v) is 6.45. The van der Waals surface area contributed by atoms with Crippen LogP contribution < -0.4 is 0 Å². The molecule has 0 amide bonds. The van der Waals surface area contributed by atoms with Crippen molar-refractivity contribution in [3.05, 3.63) is 0 Å². The van der Waals surface area contributed by atoms with Crippen LogP contribution in [0.15, 0.2) is 0 Å². The molecule has 1 N–H and O–H groups in total. The summed E-state index contributed by atoms with van der Waals surface area (Å²) in [5, 5.41) is 9.41. The normalized spacial score (nSPS) is 46.8. The molecule has 2 aliphatic heterocycles. The molecule has 0 aromatic rings. The summed E-state index contributed by atoms with van der Waals surface area (Å²) >= 11 is 0. The molecule has 10 heavy (non-hydrogen) atoms. The molecule has 0 aromatic carbocycles. The molecular formula is C8H15NO. The van der Waals surface area contributed by atoms with E-state index in [1.54, 1.807) is 0 Å². The van der Waals surface area contributed by atoms with E-state index in [0.717, 1.165) is 19.6 Å². The van der Waals surface area contributed by atoms with E-state index in [-0.39, 0.29) is 6.10 Å². The van der Waals surface area contributed by atoms with Crippen LogP contribution >= 0.6 is 0 Å². The third-order valence-corrected chi connectivity index (χ3v) is 3.00. The highest BCUT2D eigenvalue weighted by Gasteiger charge is 2.44. The largest absolute Gasteiger partial charge is 0.392 e. The number of nitrogens with zero attached hydrogens (tertiary/aromatic N) is 1. The molecule has 2 unspecified atom stereocenters. The van der Waals surface area contributed by atoms with Gasteiger partial charge in [-0.05, 0) is 24.8 Å². The molecule has 0 aromatic heterocycles. The Hall–Kier alpha value is -0.0800. The van der Waals surface area contributed by atoms with Crippen molar-refractivity contribution in [1.82, 2.24) is 4.90 Å². The van der Waals surface area contributed by atoms with Gasteiger partial charge in [0.1, 0.15) is 0 Å². The fourth-order valence-electron chi connectivity index (χ4n) is 2.22. The van der Waals surface area contributed by atoms with Gasteiger partial charge >= 0.3 is 0 Å². The smallest absolute Gasteiger partial charge is 0.0621 e. The molecule has 2 atom stereocenters. The van der Waals surface area contributed by atoms with Gasteiger partial charge < -0.3 is 10.0 Å². The van der Waals surface area contributed by atoms with Gasteiger partial charge in [-0.25, -0.2) is 0 Å². The second kappa shape index (κ2) is 2.21. The van der Waals surface area contributed by atoms with Gasteiger partial charge in [0.2, 0.25) is 0 Å². The molecule has 1 aliphatic carbocycles. The van der Waals surface area contributed by atoms with Gasteiger partial charge in [-0.2, -0.15) is 0 Å². The van der Waals surface area contributed by atoms with Crippen molar-refractivity contribution in [2.75, 3.05) is 19.6 Å². The van der Waals surface area contributed by atoms with E-state index in [1.165, 1.54) is 6.42 Å². The molecule has 2 saturated heterocycles. The number of rotatable bonds is 1. The molecule has 0 spiro atoms. The Morgan fingerprint density at radius 1 is 1.40 bits per heavy atom. The molecule has 3 aliphatic rings. The van der Waals surface area contributed by atoms with Crippen molar-refractivity contribution in [2.45, 2.75) is 19.4 Å². The quantitative estimate of drug-likeness (QED) is 0.568. The molecule has 2 heterocycles. The van der Waals surface area contributed by atoms with E-state index in [9.17, 15) is 5.11 Å². The summed E-state index contributed by atoms with van der Waals surface area (Å²) in [4.78, 5) is 2.44. The summed E-state index contributed by atoms with van der Waals surface area (Å²) in [5.74, 6) is 1.22. The lowest BCUT2D eigenvalue weighted by molar-refractivity contribution is -0.106. The molecular weight excluding hydrogens is 126 g/mol. The standard InChI is InChI=1S/C8H15NO/c1-2-9-4-6-3-7(5-9)8(6)10/h6-8,10H,2-5H2,1H3. The third-order valence-electron chi connectivity index (χ3n) is 3.00. The first-order valence-corrected chi connectivity index (χ1v) is 4.21. The SMILES string of the molecule is CCN1CC2CC(C1)C2O. The molecule has 3 rings (SSSR count). The molecule has 58 valence electrons. The predicted octanol–water partition coefficient (Wildman–Crippen LogP) is 0.319. The number of aliphatic hydroxyl groups excluding tert-OH is 1. The Kier molecular flexibility index (Phi) is 1.46. The third kappa shape index (κ3) is 0.789. The minimum absolute atomic E-state index is 0.0443. The molecule has 2 bridgehead atoms. The lowest BCUT2D eigenvalue weighted by Crippen LogP contribution is -2.58. The van der Waals surface area contributed by atoms with Gasteiger partial charge in [-0.1, -0.05) is 6.92 Å². The van der Waals surface area contributed by atoms with Crippen LogP contribution in [0.4, 0.5) is 0 Å².